The fourth-order valence-corrected chi connectivity index (χ4v) is 3.79. The molecule has 2 N–H and O–H groups in total. The average molecular weight is 348 g/mol. The zero-order chi connectivity index (χ0) is 16.6. The van der Waals surface area contributed by atoms with E-state index in [2.05, 4.69) is 5.32 Å². The topological polar surface area (TPSA) is 104 Å². The quantitative estimate of drug-likeness (QED) is 0.823. The van der Waals surface area contributed by atoms with Crippen LogP contribution in [0.1, 0.15) is 17.8 Å². The average Bonchev–Trinajstić information content (AvgIpc) is 2.71. The molecule has 1 heterocycles. The Labute approximate surface area is 139 Å². The lowest BCUT2D eigenvalue weighted by Gasteiger charge is -2.14. The summed E-state index contributed by atoms with van der Waals surface area (Å²) < 4.78 is 25.2. The molecule has 0 fully saturated rings. The van der Waals surface area contributed by atoms with E-state index < -0.39 is 28.4 Å². The Bertz CT molecular complexity index is 891. The van der Waals surface area contributed by atoms with Crippen molar-refractivity contribution in [3.63, 3.8) is 0 Å². The van der Waals surface area contributed by atoms with Gasteiger partial charge in [-0.1, -0.05) is 19.6 Å². The number of phenols is 1. The second-order valence-electron chi connectivity index (χ2n) is 4.91. The maximum atomic E-state index is 12.3. The minimum Gasteiger partial charge on any atom is -0.508 e. The van der Waals surface area contributed by atoms with Crippen molar-refractivity contribution in [1.82, 2.24) is 4.31 Å². The number of amides is 2. The first-order chi connectivity index (χ1) is 10.9. The van der Waals surface area contributed by atoms with Crippen molar-refractivity contribution >= 4 is 27.5 Å². The smallest absolute Gasteiger partial charge is 0.269 e. The van der Waals surface area contributed by atoms with Crippen LogP contribution in [0.15, 0.2) is 53.4 Å². The van der Waals surface area contributed by atoms with E-state index >= 15 is 0 Å². The molecule has 2 aromatic carbocycles. The van der Waals surface area contributed by atoms with Crippen molar-refractivity contribution in [2.75, 3.05) is 11.9 Å². The molecule has 0 atom stereocenters. The van der Waals surface area contributed by atoms with E-state index in [9.17, 15) is 23.1 Å². The summed E-state index contributed by atoms with van der Waals surface area (Å²) in [5.41, 5.74) is 0.444. The van der Waals surface area contributed by atoms with Crippen molar-refractivity contribution in [3.05, 3.63) is 54.1 Å². The van der Waals surface area contributed by atoms with E-state index in [1.54, 1.807) is 6.07 Å². The van der Waals surface area contributed by atoms with Gasteiger partial charge in [0.2, 0.25) is 5.91 Å². The van der Waals surface area contributed by atoms with Crippen LogP contribution in [0, 0.1) is 0 Å². The first kappa shape index (κ1) is 17.5. The predicted octanol–water partition coefficient (Wildman–Crippen LogP) is 1.81. The fourth-order valence-electron chi connectivity index (χ4n) is 2.26. The van der Waals surface area contributed by atoms with E-state index in [0.29, 0.717) is 9.99 Å². The third kappa shape index (κ3) is 2.95. The van der Waals surface area contributed by atoms with Crippen molar-refractivity contribution in [1.29, 1.82) is 0 Å². The summed E-state index contributed by atoms with van der Waals surface area (Å²) in [7, 11) is -4.01. The maximum absolute atomic E-state index is 12.3. The predicted molar refractivity (Wildman–Crippen MR) is 88.1 cm³/mol. The van der Waals surface area contributed by atoms with Crippen LogP contribution in [0.25, 0.3) is 0 Å². The zero-order valence-electron chi connectivity index (χ0n) is 11.8. The molecular weight excluding hydrogens is 332 g/mol. The lowest BCUT2D eigenvalue weighted by molar-refractivity contribution is -0.116. The molecule has 0 saturated carbocycles. The Hall–Kier alpha value is -2.87. The van der Waals surface area contributed by atoms with E-state index in [-0.39, 0.29) is 23.6 Å². The molecule has 3 rings (SSSR count). The molecule has 0 radical (unpaired) electrons. The van der Waals surface area contributed by atoms with Gasteiger partial charge in [-0.15, -0.1) is 0 Å². The van der Waals surface area contributed by atoms with E-state index in [0.717, 1.165) is 0 Å². The van der Waals surface area contributed by atoms with Crippen LogP contribution < -0.4 is 5.32 Å². The summed E-state index contributed by atoms with van der Waals surface area (Å²) in [6, 6.07) is 11.5. The van der Waals surface area contributed by atoms with Crippen molar-refractivity contribution in [2.45, 2.75) is 12.3 Å². The Morgan fingerprint density at radius 3 is 2.33 bits per heavy atom. The van der Waals surface area contributed by atoms with Crippen molar-refractivity contribution in [2.24, 2.45) is 0 Å². The number of fused-ring (bicyclic) bond motifs is 1. The third-order valence-corrected chi connectivity index (χ3v) is 5.14. The summed E-state index contributed by atoms with van der Waals surface area (Å²) >= 11 is 0. The number of carbonyl (C=O) groups excluding carboxylic acids is 2. The van der Waals surface area contributed by atoms with E-state index in [4.69, 9.17) is 0 Å². The highest BCUT2D eigenvalue weighted by Gasteiger charge is 2.41. The Morgan fingerprint density at radius 1 is 1.08 bits per heavy atom. The largest absolute Gasteiger partial charge is 0.508 e. The van der Waals surface area contributed by atoms with Crippen LogP contribution in [0.3, 0.4) is 0 Å². The molecule has 8 heteroatoms. The zero-order valence-corrected chi connectivity index (χ0v) is 12.6. The molecule has 126 valence electrons. The van der Waals surface area contributed by atoms with Gasteiger partial charge >= 0.3 is 0 Å². The van der Waals surface area contributed by atoms with Crippen LogP contribution in [-0.2, 0) is 14.8 Å². The lowest BCUT2D eigenvalue weighted by atomic mass is 10.2. The van der Waals surface area contributed by atoms with Crippen molar-refractivity contribution in [3.8, 4) is 5.75 Å². The van der Waals surface area contributed by atoms with E-state index in [1.165, 1.54) is 42.5 Å². The Morgan fingerprint density at radius 2 is 1.71 bits per heavy atom. The van der Waals surface area contributed by atoms with Gasteiger partial charge in [0, 0.05) is 5.69 Å². The number of aromatic hydroxyl groups is 1. The molecular formula is C16H16N2O5S. The number of sulfonamides is 1. The second-order valence-corrected chi connectivity index (χ2v) is 6.74. The molecule has 0 aliphatic carbocycles. The van der Waals surface area contributed by atoms with Gasteiger partial charge in [-0.05, 0) is 36.4 Å². The van der Waals surface area contributed by atoms with Crippen molar-refractivity contribution < 1.29 is 23.1 Å². The number of phenolic OH excluding ortho intramolecular Hbond substituents is 1. The monoisotopic (exact) mass is 348 g/mol. The number of anilines is 1. The highest BCUT2D eigenvalue weighted by Crippen LogP contribution is 2.29. The number of carbonyl (C=O) groups is 2. The molecule has 1 aliphatic heterocycles. The Balaban J connectivity index is 0.00000208. The standard InChI is InChI=1S/C15H12N2O5S.CH4/c18-11-7-5-10(6-8-11)16-14(19)9-17-15(20)12-3-1-2-4-13(12)23(17,21)22;/h1-8,18H,9H2,(H,16,19);1H4. The molecule has 2 amide bonds. The van der Waals surface area contributed by atoms with Gasteiger partial charge in [0.1, 0.15) is 17.2 Å². The minimum atomic E-state index is -4.01. The number of hydrogen-bond donors (Lipinski definition) is 2. The van der Waals surface area contributed by atoms with Gasteiger partial charge < -0.3 is 10.4 Å². The Kier molecular flexibility index (Phi) is 4.61. The fraction of sp³-hybridized carbons (Fsp3) is 0.125. The molecule has 24 heavy (non-hydrogen) atoms. The molecule has 0 saturated heterocycles. The van der Waals surface area contributed by atoms with Crippen LogP contribution in [0.4, 0.5) is 5.69 Å². The van der Waals surface area contributed by atoms with Gasteiger partial charge in [-0.3, -0.25) is 9.59 Å². The highest BCUT2D eigenvalue weighted by atomic mass is 32.2. The normalized spacial score (nSPS) is 14.7. The maximum Gasteiger partial charge on any atom is 0.269 e. The van der Waals surface area contributed by atoms with Crippen LogP contribution in [0.5, 0.6) is 5.75 Å². The molecule has 0 aromatic heterocycles. The van der Waals surface area contributed by atoms with Gasteiger partial charge in [-0.25, -0.2) is 12.7 Å². The summed E-state index contributed by atoms with van der Waals surface area (Å²) in [5, 5.41) is 11.7. The number of rotatable bonds is 3. The van der Waals surface area contributed by atoms with Gasteiger partial charge in [0.25, 0.3) is 15.9 Å². The first-order valence-corrected chi connectivity index (χ1v) is 8.08. The number of nitrogens with one attached hydrogen (secondary N) is 1. The van der Waals surface area contributed by atoms with Crippen LogP contribution in [0.2, 0.25) is 0 Å². The lowest BCUT2D eigenvalue weighted by Crippen LogP contribution is -2.37. The van der Waals surface area contributed by atoms with Gasteiger partial charge in [-0.2, -0.15) is 0 Å². The third-order valence-electron chi connectivity index (χ3n) is 3.35. The summed E-state index contributed by atoms with van der Waals surface area (Å²) in [6.07, 6.45) is 0. The van der Waals surface area contributed by atoms with Crippen LogP contribution >= 0.6 is 0 Å². The number of benzene rings is 2. The molecule has 7 nitrogen and oxygen atoms in total. The number of nitrogens with zero attached hydrogens (tertiary/aromatic N) is 1. The van der Waals surface area contributed by atoms with E-state index in [1.807, 2.05) is 0 Å². The highest BCUT2D eigenvalue weighted by molar-refractivity contribution is 7.90. The SMILES string of the molecule is C.O=C(CN1C(=O)c2ccccc2S1(=O)=O)Nc1ccc(O)cc1. The molecule has 0 bridgehead atoms. The summed E-state index contributed by atoms with van der Waals surface area (Å²) in [6.45, 7) is -0.614. The second kappa shape index (κ2) is 6.32. The van der Waals surface area contributed by atoms with Crippen LogP contribution in [-0.4, -0.2) is 36.2 Å². The molecule has 0 spiro atoms. The first-order valence-electron chi connectivity index (χ1n) is 6.64. The number of hydrogen-bond acceptors (Lipinski definition) is 5. The molecule has 2 aromatic rings. The molecule has 1 aliphatic rings. The van der Waals surface area contributed by atoms with Gasteiger partial charge in [0.15, 0.2) is 0 Å². The summed E-state index contributed by atoms with van der Waals surface area (Å²) in [5.74, 6) is -1.34. The van der Waals surface area contributed by atoms with Gasteiger partial charge in [0.05, 0.1) is 5.56 Å². The molecule has 0 unspecified atom stereocenters. The summed E-state index contributed by atoms with van der Waals surface area (Å²) in [4.78, 5) is 24.1. The minimum absolute atomic E-state index is 0.